The van der Waals surface area contributed by atoms with Gasteiger partial charge < -0.3 is 9.31 Å². The maximum Gasteiger partial charge on any atom is 0.494 e. The average Bonchev–Trinajstić information content (AvgIpc) is 3.00. The standard InChI is InChI=1S/C28H27BO2/c1-27(2)28(3,4)31-29(30-27)22-14-8-13-21(19-22)24-16-10-17-25-23(15-9-18-26(24)25)20-11-6-5-7-12-20/h5-19H,1-4H3. The fourth-order valence-electron chi connectivity index (χ4n) is 4.26. The molecule has 4 aromatic rings. The van der Waals surface area contributed by atoms with Crippen LogP contribution in [0.5, 0.6) is 0 Å². The van der Waals surface area contributed by atoms with E-state index >= 15 is 0 Å². The highest BCUT2D eigenvalue weighted by atomic mass is 16.7. The van der Waals surface area contributed by atoms with Crippen LogP contribution in [0.25, 0.3) is 33.0 Å². The van der Waals surface area contributed by atoms with Gasteiger partial charge in [-0.05, 0) is 66.2 Å². The van der Waals surface area contributed by atoms with Crippen LogP contribution in [0.3, 0.4) is 0 Å². The van der Waals surface area contributed by atoms with E-state index in [1.807, 2.05) is 0 Å². The number of fused-ring (bicyclic) bond motifs is 1. The number of rotatable bonds is 3. The lowest BCUT2D eigenvalue weighted by Gasteiger charge is -2.32. The molecule has 4 aromatic carbocycles. The van der Waals surface area contributed by atoms with Gasteiger partial charge in [-0.25, -0.2) is 0 Å². The van der Waals surface area contributed by atoms with Gasteiger partial charge in [0.25, 0.3) is 0 Å². The van der Waals surface area contributed by atoms with Crippen LogP contribution in [0.15, 0.2) is 91.0 Å². The highest BCUT2D eigenvalue weighted by Gasteiger charge is 2.51. The zero-order chi connectivity index (χ0) is 21.6. The van der Waals surface area contributed by atoms with Crippen molar-refractivity contribution < 1.29 is 9.31 Å². The van der Waals surface area contributed by atoms with Gasteiger partial charge in [0.2, 0.25) is 0 Å². The normalized spacial score (nSPS) is 17.2. The second-order valence-electron chi connectivity index (χ2n) is 9.29. The zero-order valence-corrected chi connectivity index (χ0v) is 18.6. The van der Waals surface area contributed by atoms with E-state index in [4.69, 9.17) is 9.31 Å². The molecule has 0 aliphatic carbocycles. The second-order valence-corrected chi connectivity index (χ2v) is 9.29. The minimum atomic E-state index is -0.361. The van der Waals surface area contributed by atoms with E-state index in [0.29, 0.717) is 0 Å². The molecule has 0 radical (unpaired) electrons. The molecular formula is C28H27BO2. The highest BCUT2D eigenvalue weighted by Crippen LogP contribution is 2.37. The lowest BCUT2D eigenvalue weighted by Crippen LogP contribution is -2.41. The van der Waals surface area contributed by atoms with Crippen molar-refractivity contribution in [2.45, 2.75) is 38.9 Å². The third-order valence-electron chi connectivity index (χ3n) is 6.73. The minimum absolute atomic E-state index is 0.350. The van der Waals surface area contributed by atoms with Crippen LogP contribution in [0.1, 0.15) is 27.7 Å². The molecule has 1 saturated heterocycles. The summed E-state index contributed by atoms with van der Waals surface area (Å²) in [5.41, 5.74) is 5.22. The molecule has 1 aliphatic heterocycles. The molecule has 0 saturated carbocycles. The van der Waals surface area contributed by atoms with Crippen molar-refractivity contribution >= 4 is 23.4 Å². The SMILES string of the molecule is CC1(C)OB(c2cccc(-c3cccc4c(-c5ccccc5)cccc34)c2)OC1(C)C. The van der Waals surface area contributed by atoms with Crippen LogP contribution in [0.2, 0.25) is 0 Å². The van der Waals surface area contributed by atoms with Gasteiger partial charge in [-0.2, -0.15) is 0 Å². The van der Waals surface area contributed by atoms with E-state index in [1.165, 1.54) is 33.0 Å². The Labute approximate surface area is 185 Å². The molecule has 0 N–H and O–H groups in total. The van der Waals surface area contributed by atoms with Gasteiger partial charge in [-0.15, -0.1) is 0 Å². The topological polar surface area (TPSA) is 18.5 Å². The van der Waals surface area contributed by atoms with Gasteiger partial charge in [-0.1, -0.05) is 91.0 Å². The van der Waals surface area contributed by atoms with Crippen molar-refractivity contribution in [2.75, 3.05) is 0 Å². The number of hydrogen-bond acceptors (Lipinski definition) is 2. The summed E-state index contributed by atoms with van der Waals surface area (Å²) in [7, 11) is -0.361. The zero-order valence-electron chi connectivity index (χ0n) is 18.6. The largest absolute Gasteiger partial charge is 0.494 e. The van der Waals surface area contributed by atoms with E-state index < -0.39 is 0 Å². The molecule has 5 rings (SSSR count). The molecular weight excluding hydrogens is 379 g/mol. The second kappa shape index (κ2) is 7.37. The predicted octanol–water partition coefficient (Wildman–Crippen LogP) is 6.47. The summed E-state index contributed by atoms with van der Waals surface area (Å²) in [6, 6.07) is 32.2. The average molecular weight is 406 g/mol. The molecule has 1 fully saturated rings. The third-order valence-corrected chi connectivity index (χ3v) is 6.73. The maximum atomic E-state index is 6.28. The summed E-state index contributed by atoms with van der Waals surface area (Å²) in [6.45, 7) is 8.36. The predicted molar refractivity (Wildman–Crippen MR) is 131 cm³/mol. The Balaban J connectivity index is 1.59. The monoisotopic (exact) mass is 406 g/mol. The Kier molecular flexibility index (Phi) is 4.77. The Morgan fingerprint density at radius 3 is 1.68 bits per heavy atom. The Hall–Kier alpha value is -2.88. The minimum Gasteiger partial charge on any atom is -0.399 e. The van der Waals surface area contributed by atoms with E-state index in [0.717, 1.165) is 5.46 Å². The first-order valence-electron chi connectivity index (χ1n) is 10.9. The molecule has 0 aromatic heterocycles. The summed E-state index contributed by atoms with van der Waals surface area (Å²) < 4.78 is 12.6. The molecule has 0 unspecified atom stereocenters. The van der Waals surface area contributed by atoms with Gasteiger partial charge >= 0.3 is 7.12 Å². The van der Waals surface area contributed by atoms with E-state index in [1.54, 1.807) is 0 Å². The molecule has 1 heterocycles. The summed E-state index contributed by atoms with van der Waals surface area (Å²) >= 11 is 0. The van der Waals surface area contributed by atoms with Crippen molar-refractivity contribution in [3.05, 3.63) is 91.0 Å². The van der Waals surface area contributed by atoms with Crippen LogP contribution in [-0.4, -0.2) is 18.3 Å². The molecule has 31 heavy (non-hydrogen) atoms. The van der Waals surface area contributed by atoms with Gasteiger partial charge in [0, 0.05) is 0 Å². The lowest BCUT2D eigenvalue weighted by atomic mass is 9.77. The first-order valence-corrected chi connectivity index (χ1v) is 10.9. The number of hydrogen-bond donors (Lipinski definition) is 0. The van der Waals surface area contributed by atoms with Crippen molar-refractivity contribution in [1.29, 1.82) is 0 Å². The Bertz CT molecular complexity index is 1230. The number of benzene rings is 4. The van der Waals surface area contributed by atoms with E-state index in [2.05, 4.69) is 119 Å². The summed E-state index contributed by atoms with van der Waals surface area (Å²) in [6.07, 6.45) is 0. The fraction of sp³-hybridized carbons (Fsp3) is 0.214. The van der Waals surface area contributed by atoms with Crippen LogP contribution in [-0.2, 0) is 9.31 Å². The van der Waals surface area contributed by atoms with Crippen molar-refractivity contribution in [3.8, 4) is 22.3 Å². The molecule has 0 amide bonds. The Morgan fingerprint density at radius 2 is 1.06 bits per heavy atom. The van der Waals surface area contributed by atoms with E-state index in [-0.39, 0.29) is 18.3 Å². The fourth-order valence-corrected chi connectivity index (χ4v) is 4.26. The molecule has 0 bridgehead atoms. The summed E-state index contributed by atoms with van der Waals surface area (Å²) in [4.78, 5) is 0. The first kappa shape index (κ1) is 20.1. The summed E-state index contributed by atoms with van der Waals surface area (Å²) in [5, 5.41) is 2.50. The smallest absolute Gasteiger partial charge is 0.399 e. The first-order chi connectivity index (χ1) is 14.9. The Morgan fingerprint density at radius 1 is 0.548 bits per heavy atom. The molecule has 0 atom stereocenters. The van der Waals surface area contributed by atoms with Crippen LogP contribution in [0, 0.1) is 0 Å². The van der Waals surface area contributed by atoms with Crippen LogP contribution < -0.4 is 5.46 Å². The van der Waals surface area contributed by atoms with Gasteiger partial charge in [0.1, 0.15) is 0 Å². The van der Waals surface area contributed by atoms with Gasteiger partial charge in [0.15, 0.2) is 0 Å². The highest BCUT2D eigenvalue weighted by molar-refractivity contribution is 6.62. The maximum absolute atomic E-state index is 6.28. The van der Waals surface area contributed by atoms with Crippen molar-refractivity contribution in [2.24, 2.45) is 0 Å². The third kappa shape index (κ3) is 3.48. The van der Waals surface area contributed by atoms with Crippen molar-refractivity contribution in [3.63, 3.8) is 0 Å². The van der Waals surface area contributed by atoms with Crippen LogP contribution in [0.4, 0.5) is 0 Å². The van der Waals surface area contributed by atoms with Gasteiger partial charge in [0.05, 0.1) is 11.2 Å². The summed E-state index contributed by atoms with van der Waals surface area (Å²) in [5.74, 6) is 0. The van der Waals surface area contributed by atoms with E-state index in [9.17, 15) is 0 Å². The molecule has 0 spiro atoms. The van der Waals surface area contributed by atoms with Crippen molar-refractivity contribution in [1.82, 2.24) is 0 Å². The van der Waals surface area contributed by atoms with Crippen LogP contribution >= 0.6 is 0 Å². The quantitative estimate of drug-likeness (QED) is 0.363. The van der Waals surface area contributed by atoms with Gasteiger partial charge in [-0.3, -0.25) is 0 Å². The molecule has 154 valence electrons. The lowest BCUT2D eigenvalue weighted by molar-refractivity contribution is 0.00578. The molecule has 1 aliphatic rings. The molecule has 3 heteroatoms. The molecule has 2 nitrogen and oxygen atoms in total.